The predicted molar refractivity (Wildman–Crippen MR) is 71.4 cm³/mol. The largest absolute Gasteiger partial charge is 0.327 e. The van der Waals surface area contributed by atoms with E-state index in [1.54, 1.807) is 0 Å². The standard InChI is InChI=1S/C13H25NS/c1-3-11(2)9-12(14)10-15-13-7-5-4-6-8-13/h12-13H,2-10,14H2,1H3. The number of nitrogens with two attached hydrogens (primary N) is 1. The van der Waals surface area contributed by atoms with Crippen LogP contribution in [0.4, 0.5) is 0 Å². The number of hydrogen-bond acceptors (Lipinski definition) is 2. The van der Waals surface area contributed by atoms with Crippen LogP contribution in [0.25, 0.3) is 0 Å². The molecule has 0 aliphatic heterocycles. The lowest BCUT2D eigenvalue weighted by atomic mass is 10.0. The minimum absolute atomic E-state index is 0.323. The first kappa shape index (κ1) is 13.1. The van der Waals surface area contributed by atoms with Crippen LogP contribution in [0.3, 0.4) is 0 Å². The molecule has 88 valence electrons. The Kier molecular flexibility index (Phi) is 6.42. The first-order valence-electron chi connectivity index (χ1n) is 6.26. The fraction of sp³-hybridized carbons (Fsp3) is 0.846. The molecule has 0 spiro atoms. The highest BCUT2D eigenvalue weighted by Gasteiger charge is 2.15. The molecule has 2 N–H and O–H groups in total. The summed E-state index contributed by atoms with van der Waals surface area (Å²) in [6, 6.07) is 0.323. The highest BCUT2D eigenvalue weighted by atomic mass is 32.2. The maximum absolute atomic E-state index is 6.09. The van der Waals surface area contributed by atoms with Gasteiger partial charge in [-0.25, -0.2) is 0 Å². The summed E-state index contributed by atoms with van der Waals surface area (Å²) in [6.07, 6.45) is 9.19. The number of thioether (sulfide) groups is 1. The van der Waals surface area contributed by atoms with Gasteiger partial charge in [-0.15, -0.1) is 0 Å². The maximum atomic E-state index is 6.09. The summed E-state index contributed by atoms with van der Waals surface area (Å²) in [5.41, 5.74) is 7.38. The van der Waals surface area contributed by atoms with Crippen LogP contribution in [0.2, 0.25) is 0 Å². The zero-order chi connectivity index (χ0) is 11.1. The van der Waals surface area contributed by atoms with E-state index in [1.165, 1.54) is 37.7 Å². The summed E-state index contributed by atoms with van der Waals surface area (Å²) in [6.45, 7) is 6.17. The van der Waals surface area contributed by atoms with E-state index in [1.807, 2.05) is 0 Å². The second kappa shape index (κ2) is 7.34. The van der Waals surface area contributed by atoms with Gasteiger partial charge in [0.1, 0.15) is 0 Å². The fourth-order valence-corrected chi connectivity index (χ4v) is 3.37. The highest BCUT2D eigenvalue weighted by Crippen LogP contribution is 2.28. The molecule has 1 unspecified atom stereocenters. The quantitative estimate of drug-likeness (QED) is 0.700. The van der Waals surface area contributed by atoms with Crippen LogP contribution in [0.5, 0.6) is 0 Å². The van der Waals surface area contributed by atoms with E-state index < -0.39 is 0 Å². The smallest absolute Gasteiger partial charge is 0.0167 e. The summed E-state index contributed by atoms with van der Waals surface area (Å²) in [4.78, 5) is 0. The van der Waals surface area contributed by atoms with Crippen molar-refractivity contribution in [2.45, 2.75) is 63.2 Å². The monoisotopic (exact) mass is 227 g/mol. The van der Waals surface area contributed by atoms with Gasteiger partial charge in [0.25, 0.3) is 0 Å². The lowest BCUT2D eigenvalue weighted by Gasteiger charge is -2.22. The Hall–Kier alpha value is 0.0500. The van der Waals surface area contributed by atoms with Gasteiger partial charge in [-0.2, -0.15) is 11.8 Å². The average molecular weight is 227 g/mol. The summed E-state index contributed by atoms with van der Waals surface area (Å²) in [7, 11) is 0. The Morgan fingerprint density at radius 3 is 2.67 bits per heavy atom. The minimum atomic E-state index is 0.323. The first-order chi connectivity index (χ1) is 7.22. The molecule has 15 heavy (non-hydrogen) atoms. The average Bonchev–Trinajstić information content (AvgIpc) is 2.27. The molecule has 1 aliphatic rings. The molecule has 1 saturated carbocycles. The van der Waals surface area contributed by atoms with Crippen LogP contribution >= 0.6 is 11.8 Å². The lowest BCUT2D eigenvalue weighted by molar-refractivity contribution is 0.515. The topological polar surface area (TPSA) is 26.0 Å². The van der Waals surface area contributed by atoms with Gasteiger partial charge >= 0.3 is 0 Å². The molecule has 0 amide bonds. The van der Waals surface area contributed by atoms with Crippen molar-refractivity contribution in [2.75, 3.05) is 5.75 Å². The van der Waals surface area contributed by atoms with Gasteiger partial charge in [0.2, 0.25) is 0 Å². The van der Waals surface area contributed by atoms with Crippen molar-refractivity contribution in [3.63, 3.8) is 0 Å². The molecule has 0 aromatic heterocycles. The third kappa shape index (κ3) is 5.62. The van der Waals surface area contributed by atoms with Crippen LogP contribution in [-0.4, -0.2) is 17.0 Å². The van der Waals surface area contributed by atoms with Crippen molar-refractivity contribution in [1.29, 1.82) is 0 Å². The van der Waals surface area contributed by atoms with Crippen LogP contribution in [0.1, 0.15) is 51.9 Å². The van der Waals surface area contributed by atoms with Gasteiger partial charge in [0.15, 0.2) is 0 Å². The number of hydrogen-bond donors (Lipinski definition) is 1. The predicted octanol–water partition coefficient (Wildman–Crippen LogP) is 3.74. The van der Waals surface area contributed by atoms with Gasteiger partial charge in [0, 0.05) is 17.0 Å². The molecule has 1 rings (SSSR count). The Bertz CT molecular complexity index is 185. The second-order valence-corrected chi connectivity index (χ2v) is 5.99. The second-order valence-electron chi connectivity index (χ2n) is 4.66. The minimum Gasteiger partial charge on any atom is -0.327 e. The summed E-state index contributed by atoms with van der Waals surface area (Å²) in [5, 5.41) is 0.889. The lowest BCUT2D eigenvalue weighted by Crippen LogP contribution is -2.25. The van der Waals surface area contributed by atoms with E-state index in [9.17, 15) is 0 Å². The van der Waals surface area contributed by atoms with Crippen molar-refractivity contribution in [2.24, 2.45) is 5.73 Å². The van der Waals surface area contributed by atoms with E-state index in [4.69, 9.17) is 5.73 Å². The van der Waals surface area contributed by atoms with Crippen molar-refractivity contribution < 1.29 is 0 Å². The van der Waals surface area contributed by atoms with Gasteiger partial charge < -0.3 is 5.73 Å². The zero-order valence-electron chi connectivity index (χ0n) is 10.0. The molecule has 1 fully saturated rings. The zero-order valence-corrected chi connectivity index (χ0v) is 10.8. The molecule has 0 aromatic carbocycles. The van der Waals surface area contributed by atoms with E-state index in [2.05, 4.69) is 25.3 Å². The van der Waals surface area contributed by atoms with E-state index in [-0.39, 0.29) is 0 Å². The fourth-order valence-electron chi connectivity index (χ4n) is 2.07. The van der Waals surface area contributed by atoms with Gasteiger partial charge in [0.05, 0.1) is 0 Å². The van der Waals surface area contributed by atoms with Crippen LogP contribution in [0.15, 0.2) is 12.2 Å². The van der Waals surface area contributed by atoms with Gasteiger partial charge in [-0.3, -0.25) is 0 Å². The van der Waals surface area contributed by atoms with Gasteiger partial charge in [-0.1, -0.05) is 38.3 Å². The van der Waals surface area contributed by atoms with E-state index in [0.29, 0.717) is 6.04 Å². The molecule has 2 heteroatoms. The Morgan fingerprint density at radius 1 is 1.40 bits per heavy atom. The summed E-state index contributed by atoms with van der Waals surface area (Å²) < 4.78 is 0. The van der Waals surface area contributed by atoms with Crippen LogP contribution < -0.4 is 5.73 Å². The molecule has 0 bridgehead atoms. The summed E-state index contributed by atoms with van der Waals surface area (Å²) >= 11 is 2.09. The molecule has 0 heterocycles. The third-order valence-corrected chi connectivity index (χ3v) is 4.71. The van der Waals surface area contributed by atoms with E-state index >= 15 is 0 Å². The molecule has 1 nitrogen and oxygen atoms in total. The Labute approximate surface area is 98.9 Å². The van der Waals surface area contributed by atoms with Gasteiger partial charge in [-0.05, 0) is 25.7 Å². The molecule has 1 aliphatic carbocycles. The van der Waals surface area contributed by atoms with Crippen molar-refractivity contribution in [3.05, 3.63) is 12.2 Å². The van der Waals surface area contributed by atoms with Crippen molar-refractivity contribution >= 4 is 11.8 Å². The maximum Gasteiger partial charge on any atom is 0.0167 e. The molecule has 1 atom stereocenters. The third-order valence-electron chi connectivity index (χ3n) is 3.15. The summed E-state index contributed by atoms with van der Waals surface area (Å²) in [5.74, 6) is 1.11. The molecule has 0 radical (unpaired) electrons. The molecular formula is C13H25NS. The Morgan fingerprint density at radius 2 is 2.07 bits per heavy atom. The first-order valence-corrected chi connectivity index (χ1v) is 7.31. The molecular weight excluding hydrogens is 202 g/mol. The van der Waals surface area contributed by atoms with E-state index in [0.717, 1.165) is 23.8 Å². The Balaban J connectivity index is 2.09. The SMILES string of the molecule is C=C(CC)CC(N)CSC1CCCCC1. The van der Waals surface area contributed by atoms with Crippen LogP contribution in [-0.2, 0) is 0 Å². The van der Waals surface area contributed by atoms with Crippen molar-refractivity contribution in [3.8, 4) is 0 Å². The normalized spacial score (nSPS) is 20.1. The van der Waals surface area contributed by atoms with Crippen LogP contribution in [0, 0.1) is 0 Å². The highest BCUT2D eigenvalue weighted by molar-refractivity contribution is 7.99. The van der Waals surface area contributed by atoms with Crippen molar-refractivity contribution in [1.82, 2.24) is 0 Å². The molecule has 0 aromatic rings. The number of rotatable bonds is 6. The molecule has 0 saturated heterocycles.